The number of benzene rings is 2. The summed E-state index contributed by atoms with van der Waals surface area (Å²) >= 11 is 11.9. The van der Waals surface area contributed by atoms with Crippen molar-refractivity contribution < 1.29 is 29.9 Å². The second kappa shape index (κ2) is 12.7. The van der Waals surface area contributed by atoms with Gasteiger partial charge >= 0.3 is 0 Å². The van der Waals surface area contributed by atoms with E-state index in [2.05, 4.69) is 5.73 Å². The predicted octanol–water partition coefficient (Wildman–Crippen LogP) is 4.35. The molecule has 2 aromatic rings. The molecule has 31 heavy (non-hydrogen) atoms. The highest BCUT2D eigenvalue weighted by Crippen LogP contribution is 2.36. The Kier molecular flexibility index (Phi) is 10.4. The molecule has 0 amide bonds. The number of phenolic OH excluding ortho intramolecular Hbond substituents is 1. The van der Waals surface area contributed by atoms with Gasteiger partial charge in [-0.15, -0.1) is 5.73 Å². The van der Waals surface area contributed by atoms with Crippen LogP contribution in [0.5, 0.6) is 11.5 Å². The third kappa shape index (κ3) is 7.87. The number of methoxy groups -OCH3 is 1. The van der Waals surface area contributed by atoms with Gasteiger partial charge in [0.05, 0.1) is 30.4 Å². The van der Waals surface area contributed by atoms with Crippen LogP contribution in [-0.4, -0.2) is 47.4 Å². The number of rotatable bonds is 11. The lowest BCUT2D eigenvalue weighted by Gasteiger charge is -2.15. The number of halogens is 2. The fraction of sp³-hybridized carbons (Fsp3) is 0.348. The second-order valence-corrected chi connectivity index (χ2v) is 7.67. The van der Waals surface area contributed by atoms with Crippen molar-refractivity contribution in [3.8, 4) is 11.5 Å². The molecule has 168 valence electrons. The molecule has 0 spiro atoms. The highest BCUT2D eigenvalue weighted by Gasteiger charge is 2.17. The number of aliphatic hydroxyl groups is 3. The first-order valence-electron chi connectivity index (χ1n) is 9.65. The first-order valence-corrected chi connectivity index (χ1v) is 10.4. The van der Waals surface area contributed by atoms with Gasteiger partial charge in [0.1, 0.15) is 18.1 Å². The van der Waals surface area contributed by atoms with Gasteiger partial charge < -0.3 is 29.9 Å². The molecule has 4 N–H and O–H groups in total. The fourth-order valence-corrected chi connectivity index (χ4v) is 3.45. The van der Waals surface area contributed by atoms with E-state index in [1.54, 1.807) is 30.3 Å². The monoisotopic (exact) mass is 468 g/mol. The third-order valence-electron chi connectivity index (χ3n) is 4.43. The van der Waals surface area contributed by atoms with E-state index in [9.17, 15) is 15.3 Å². The van der Waals surface area contributed by atoms with Crippen LogP contribution in [-0.2, 0) is 4.74 Å². The highest BCUT2D eigenvalue weighted by molar-refractivity contribution is 6.35. The Bertz CT molecular complexity index is 924. The van der Waals surface area contributed by atoms with Crippen molar-refractivity contribution in [2.45, 2.75) is 25.0 Å². The van der Waals surface area contributed by atoms with Crippen molar-refractivity contribution in [2.75, 3.05) is 26.9 Å². The van der Waals surface area contributed by atoms with Gasteiger partial charge in [-0.25, -0.2) is 0 Å². The molecule has 0 aliphatic heterocycles. The average molecular weight is 469 g/mol. The average Bonchev–Trinajstić information content (AvgIpc) is 2.74. The lowest BCUT2D eigenvalue weighted by molar-refractivity contribution is 0.161. The van der Waals surface area contributed by atoms with Gasteiger partial charge in [0.15, 0.2) is 0 Å². The molecular weight excluding hydrogens is 443 g/mol. The summed E-state index contributed by atoms with van der Waals surface area (Å²) in [5.74, 6) is 0.339. The van der Waals surface area contributed by atoms with E-state index in [1.807, 2.05) is 0 Å². The van der Waals surface area contributed by atoms with Gasteiger partial charge in [0.25, 0.3) is 0 Å². The summed E-state index contributed by atoms with van der Waals surface area (Å²) in [5.41, 5.74) is 4.57. The molecule has 0 radical (unpaired) electrons. The first kappa shape index (κ1) is 25.2. The summed E-state index contributed by atoms with van der Waals surface area (Å²) in [7, 11) is 1.52. The van der Waals surface area contributed by atoms with Gasteiger partial charge in [-0.05, 0) is 41.5 Å². The summed E-state index contributed by atoms with van der Waals surface area (Å²) in [6.45, 7) is 0.301. The minimum Gasteiger partial charge on any atom is -0.506 e. The van der Waals surface area contributed by atoms with Crippen molar-refractivity contribution in [1.82, 2.24) is 0 Å². The molecule has 0 saturated heterocycles. The van der Waals surface area contributed by atoms with Crippen molar-refractivity contribution in [2.24, 2.45) is 0 Å². The molecule has 0 saturated carbocycles. The van der Waals surface area contributed by atoms with Crippen LogP contribution < -0.4 is 4.74 Å². The van der Waals surface area contributed by atoms with E-state index in [1.165, 1.54) is 19.2 Å². The van der Waals surface area contributed by atoms with Gasteiger partial charge in [0.2, 0.25) is 0 Å². The molecule has 2 aromatic carbocycles. The molecule has 0 aliphatic rings. The quantitative estimate of drug-likeness (QED) is 0.366. The number of aromatic hydroxyl groups is 1. The molecule has 0 fully saturated rings. The van der Waals surface area contributed by atoms with E-state index in [0.717, 1.165) is 0 Å². The predicted molar refractivity (Wildman–Crippen MR) is 120 cm³/mol. The molecule has 8 heteroatoms. The zero-order valence-electron chi connectivity index (χ0n) is 17.1. The smallest absolute Gasteiger partial charge is 0.140 e. The number of ether oxygens (including phenoxy) is 2. The van der Waals surface area contributed by atoms with Crippen LogP contribution in [0.3, 0.4) is 0 Å². The molecule has 2 atom stereocenters. The molecule has 0 bridgehead atoms. The molecule has 2 rings (SSSR count). The Morgan fingerprint density at radius 3 is 2.65 bits per heavy atom. The summed E-state index contributed by atoms with van der Waals surface area (Å²) in [6, 6.07) is 9.85. The maximum Gasteiger partial charge on any atom is 0.140 e. The maximum atomic E-state index is 10.5. The van der Waals surface area contributed by atoms with Crippen LogP contribution in [0.2, 0.25) is 10.0 Å². The van der Waals surface area contributed by atoms with E-state index < -0.39 is 12.2 Å². The van der Waals surface area contributed by atoms with Crippen LogP contribution >= 0.6 is 23.2 Å². The Morgan fingerprint density at radius 2 is 1.94 bits per heavy atom. The number of hydrogen-bond acceptors (Lipinski definition) is 6. The Hall–Kier alpha value is -2.02. The van der Waals surface area contributed by atoms with Crippen LogP contribution in [0.4, 0.5) is 0 Å². The zero-order chi connectivity index (χ0) is 22.8. The third-order valence-corrected chi connectivity index (χ3v) is 4.93. The Morgan fingerprint density at radius 1 is 1.16 bits per heavy atom. The summed E-state index contributed by atoms with van der Waals surface area (Å²) < 4.78 is 10.5. The summed E-state index contributed by atoms with van der Waals surface area (Å²) in [5, 5.41) is 40.3. The SMILES string of the molecule is COCC(=C=CC[C@H](O)c1cccc(OCCO)c1)C[C@H](O)c1cc(Cl)cc(Cl)c1O. The van der Waals surface area contributed by atoms with E-state index in [0.29, 0.717) is 21.9 Å². The van der Waals surface area contributed by atoms with Crippen molar-refractivity contribution in [1.29, 1.82) is 0 Å². The molecule has 6 nitrogen and oxygen atoms in total. The van der Waals surface area contributed by atoms with E-state index >= 15 is 0 Å². The van der Waals surface area contributed by atoms with Crippen LogP contribution in [0, 0.1) is 0 Å². The summed E-state index contributed by atoms with van der Waals surface area (Å²) in [4.78, 5) is 0. The maximum absolute atomic E-state index is 10.5. The Balaban J connectivity index is 2.11. The van der Waals surface area contributed by atoms with Crippen molar-refractivity contribution in [3.05, 3.63) is 75.0 Å². The Labute approximate surface area is 191 Å². The van der Waals surface area contributed by atoms with Crippen LogP contribution in [0.1, 0.15) is 36.2 Å². The van der Waals surface area contributed by atoms with E-state index in [-0.39, 0.29) is 49.0 Å². The topological polar surface area (TPSA) is 99.4 Å². The largest absolute Gasteiger partial charge is 0.506 e. The van der Waals surface area contributed by atoms with E-state index in [4.69, 9.17) is 37.8 Å². The molecule has 0 unspecified atom stereocenters. The summed E-state index contributed by atoms with van der Waals surface area (Å²) in [6.07, 6.45) is 0.232. The highest BCUT2D eigenvalue weighted by atomic mass is 35.5. The van der Waals surface area contributed by atoms with Gasteiger partial charge in [0, 0.05) is 30.5 Å². The van der Waals surface area contributed by atoms with Gasteiger partial charge in [-0.3, -0.25) is 0 Å². The lowest BCUT2D eigenvalue weighted by Crippen LogP contribution is -2.04. The van der Waals surface area contributed by atoms with Crippen molar-refractivity contribution >= 4 is 23.2 Å². The zero-order valence-corrected chi connectivity index (χ0v) is 18.6. The standard InChI is InChI=1S/C23H26Cl2O6/c1-30-14-15(10-22(28)19-12-17(24)13-20(25)23(19)29)4-2-7-21(27)16-5-3-6-18(11-16)31-9-8-26/h2-3,5-6,11-13,21-22,26-29H,7-10,14H2,1H3/t4?,21-,22-/m0/s1. The van der Waals surface area contributed by atoms with Crippen molar-refractivity contribution in [3.63, 3.8) is 0 Å². The normalized spacial score (nSPS) is 12.7. The van der Waals surface area contributed by atoms with Crippen LogP contribution in [0.15, 0.2) is 53.8 Å². The molecule has 0 aliphatic carbocycles. The molecule has 0 heterocycles. The minimum absolute atomic E-state index is 0.0580. The number of hydrogen-bond donors (Lipinski definition) is 4. The first-order chi connectivity index (χ1) is 14.8. The number of phenols is 1. The van der Waals surface area contributed by atoms with Gasteiger partial charge in [-0.1, -0.05) is 35.3 Å². The molecule has 0 aromatic heterocycles. The fourth-order valence-electron chi connectivity index (χ4n) is 2.94. The lowest BCUT2D eigenvalue weighted by atomic mass is 10.0. The molecular formula is C23H26Cl2O6. The van der Waals surface area contributed by atoms with Gasteiger partial charge in [-0.2, -0.15) is 0 Å². The second-order valence-electron chi connectivity index (χ2n) is 6.83. The number of aliphatic hydroxyl groups excluding tert-OH is 3. The van der Waals surface area contributed by atoms with Crippen LogP contribution in [0.25, 0.3) is 0 Å². The minimum atomic E-state index is -1.06.